The number of carboxylic acid groups (broad SMARTS) is 1. The van der Waals surface area contributed by atoms with Gasteiger partial charge < -0.3 is 15.6 Å². The molecule has 0 saturated carbocycles. The molecule has 1 aliphatic rings. The number of ether oxygens (including phenoxy) is 1. The van der Waals surface area contributed by atoms with E-state index in [0.717, 1.165) is 11.0 Å². The molecule has 0 aliphatic carbocycles. The van der Waals surface area contributed by atoms with Crippen LogP contribution >= 0.6 is 11.6 Å². The highest BCUT2D eigenvalue weighted by Crippen LogP contribution is 2.46. The van der Waals surface area contributed by atoms with Gasteiger partial charge in [-0.2, -0.15) is 13.2 Å². The number of carbonyl (C=O) groups is 1. The van der Waals surface area contributed by atoms with E-state index >= 15 is 0 Å². The Morgan fingerprint density at radius 1 is 1.31 bits per heavy atom. The first-order valence-corrected chi connectivity index (χ1v) is 7.97. The van der Waals surface area contributed by atoms with Gasteiger partial charge in [-0.15, -0.1) is 0 Å². The first-order valence-electron chi connectivity index (χ1n) is 7.59. The van der Waals surface area contributed by atoms with E-state index in [1.165, 1.54) is 30.3 Å². The van der Waals surface area contributed by atoms with Gasteiger partial charge in [-0.25, -0.2) is 4.79 Å². The number of para-hydroxylation sites is 1. The van der Waals surface area contributed by atoms with Gasteiger partial charge in [0.05, 0.1) is 17.8 Å². The zero-order chi connectivity index (χ0) is 19.1. The van der Waals surface area contributed by atoms with E-state index < -0.39 is 23.9 Å². The minimum atomic E-state index is -4.64. The summed E-state index contributed by atoms with van der Waals surface area (Å²) in [5.74, 6) is 0.0458. The van der Waals surface area contributed by atoms with Gasteiger partial charge in [0, 0.05) is 17.1 Å². The number of nitrogens with zero attached hydrogens (tertiary/aromatic N) is 1. The Labute approximate surface area is 151 Å². The maximum absolute atomic E-state index is 13.5. The number of anilines is 1. The molecule has 1 aliphatic heterocycles. The average molecular weight is 387 g/mol. The molecule has 3 rings (SSSR count). The van der Waals surface area contributed by atoms with E-state index in [-0.39, 0.29) is 40.7 Å². The fraction of sp³-hybridized carbons (Fsp3) is 0.235. The van der Waals surface area contributed by atoms with E-state index in [1.54, 1.807) is 0 Å². The summed E-state index contributed by atoms with van der Waals surface area (Å²) in [5, 5.41) is 9.36. The summed E-state index contributed by atoms with van der Waals surface area (Å²) in [5.41, 5.74) is 4.80. The first-order chi connectivity index (χ1) is 12.2. The summed E-state index contributed by atoms with van der Waals surface area (Å²) in [7, 11) is 0. The molecule has 1 heterocycles. The van der Waals surface area contributed by atoms with Gasteiger partial charge in [-0.1, -0.05) is 29.8 Å². The second-order valence-electron chi connectivity index (χ2n) is 5.71. The Bertz CT molecular complexity index is 858. The summed E-state index contributed by atoms with van der Waals surface area (Å²) in [6.07, 6.45) is -6.55. The summed E-state index contributed by atoms with van der Waals surface area (Å²) in [6, 6.07) is 7.80. The molecule has 0 saturated heterocycles. The van der Waals surface area contributed by atoms with Crippen LogP contribution in [0.1, 0.15) is 5.56 Å². The summed E-state index contributed by atoms with van der Waals surface area (Å²) in [6.45, 7) is 0.0132. The number of rotatable bonds is 2. The summed E-state index contributed by atoms with van der Waals surface area (Å²) >= 11 is 5.73. The third-order valence-electron chi connectivity index (χ3n) is 4.03. The lowest BCUT2D eigenvalue weighted by molar-refractivity contribution is -0.137. The first kappa shape index (κ1) is 18.3. The quantitative estimate of drug-likeness (QED) is 0.809. The highest BCUT2D eigenvalue weighted by molar-refractivity contribution is 6.30. The van der Waals surface area contributed by atoms with Crippen LogP contribution in [-0.4, -0.2) is 30.4 Å². The molecule has 0 bridgehead atoms. The third-order valence-corrected chi connectivity index (χ3v) is 4.26. The highest BCUT2D eigenvalue weighted by atomic mass is 35.5. The molecule has 0 fully saturated rings. The zero-order valence-corrected chi connectivity index (χ0v) is 14.0. The van der Waals surface area contributed by atoms with Crippen molar-refractivity contribution in [2.45, 2.75) is 12.3 Å². The molecule has 138 valence electrons. The van der Waals surface area contributed by atoms with Crippen LogP contribution in [0.2, 0.25) is 5.02 Å². The molecular weight excluding hydrogens is 373 g/mol. The number of fused-ring (bicyclic) bond motifs is 1. The van der Waals surface area contributed by atoms with E-state index in [1.807, 2.05) is 0 Å². The van der Waals surface area contributed by atoms with E-state index in [4.69, 9.17) is 22.1 Å². The van der Waals surface area contributed by atoms with Crippen molar-refractivity contribution in [1.82, 2.24) is 0 Å². The fourth-order valence-electron chi connectivity index (χ4n) is 2.87. The van der Waals surface area contributed by atoms with Crippen molar-refractivity contribution >= 4 is 23.4 Å². The van der Waals surface area contributed by atoms with Crippen molar-refractivity contribution in [1.29, 1.82) is 0 Å². The smallest absolute Gasteiger partial charge is 0.417 e. The summed E-state index contributed by atoms with van der Waals surface area (Å²) in [4.78, 5) is 12.5. The van der Waals surface area contributed by atoms with Crippen molar-refractivity contribution in [3.63, 3.8) is 0 Å². The fourth-order valence-corrected chi connectivity index (χ4v) is 3.04. The minimum Gasteiger partial charge on any atom is -0.484 e. The minimum absolute atomic E-state index is 0.00493. The van der Waals surface area contributed by atoms with Crippen molar-refractivity contribution < 1.29 is 27.8 Å². The molecule has 0 spiro atoms. The van der Waals surface area contributed by atoms with Gasteiger partial charge in [0.15, 0.2) is 5.75 Å². The second kappa shape index (κ2) is 6.69. The zero-order valence-electron chi connectivity index (χ0n) is 13.3. The second-order valence-corrected chi connectivity index (χ2v) is 6.15. The summed E-state index contributed by atoms with van der Waals surface area (Å²) < 4.78 is 46.1. The maximum Gasteiger partial charge on any atom is 0.417 e. The molecule has 2 aromatic rings. The predicted octanol–water partition coefficient (Wildman–Crippen LogP) is 4.23. The number of halogens is 4. The van der Waals surface area contributed by atoms with E-state index in [9.17, 15) is 23.1 Å². The molecule has 9 heteroatoms. The highest BCUT2D eigenvalue weighted by Gasteiger charge is 2.36. The van der Waals surface area contributed by atoms with Gasteiger partial charge in [-0.3, -0.25) is 4.90 Å². The van der Waals surface area contributed by atoms with Crippen LogP contribution in [0.15, 0.2) is 36.4 Å². The normalized spacial score (nSPS) is 16.8. The Hall–Kier alpha value is -2.45. The molecular formula is C17H14ClF3N2O3. The van der Waals surface area contributed by atoms with Gasteiger partial charge in [0.25, 0.3) is 0 Å². The molecule has 5 nitrogen and oxygen atoms in total. The number of benzene rings is 2. The molecule has 2 aromatic carbocycles. The van der Waals surface area contributed by atoms with Crippen LogP contribution in [0, 0.1) is 0 Å². The third kappa shape index (κ3) is 3.30. The molecule has 3 N–H and O–H groups in total. The van der Waals surface area contributed by atoms with Gasteiger partial charge in [0.1, 0.15) is 6.10 Å². The Balaban J connectivity index is 2.24. The maximum atomic E-state index is 13.5. The van der Waals surface area contributed by atoms with Crippen molar-refractivity contribution in [2.24, 2.45) is 5.73 Å². The van der Waals surface area contributed by atoms with Crippen LogP contribution in [0.5, 0.6) is 5.75 Å². The molecule has 0 unspecified atom stereocenters. The molecule has 1 atom stereocenters. The van der Waals surface area contributed by atoms with E-state index in [2.05, 4.69) is 0 Å². The van der Waals surface area contributed by atoms with Gasteiger partial charge in [-0.05, 0) is 23.8 Å². The van der Waals surface area contributed by atoms with Gasteiger partial charge in [0.2, 0.25) is 0 Å². The predicted molar refractivity (Wildman–Crippen MR) is 90.7 cm³/mol. The number of amides is 1. The Morgan fingerprint density at radius 2 is 2.04 bits per heavy atom. The molecule has 0 radical (unpaired) electrons. The molecule has 0 aromatic heterocycles. The van der Waals surface area contributed by atoms with Crippen LogP contribution in [0.3, 0.4) is 0 Å². The van der Waals surface area contributed by atoms with Crippen molar-refractivity contribution in [3.8, 4) is 16.9 Å². The van der Waals surface area contributed by atoms with Crippen LogP contribution in [0.4, 0.5) is 23.7 Å². The van der Waals surface area contributed by atoms with Gasteiger partial charge >= 0.3 is 12.3 Å². The Morgan fingerprint density at radius 3 is 2.65 bits per heavy atom. The lowest BCUT2D eigenvalue weighted by Crippen LogP contribution is -2.46. The topological polar surface area (TPSA) is 75.8 Å². The van der Waals surface area contributed by atoms with Crippen molar-refractivity contribution in [3.05, 3.63) is 47.0 Å². The van der Waals surface area contributed by atoms with Crippen molar-refractivity contribution in [2.75, 3.05) is 18.0 Å². The SMILES string of the molecule is NC[C@@H]1CN(C(=O)O)c2cccc(-c3ccc(Cl)cc3C(F)(F)F)c2O1. The number of alkyl halides is 3. The Kier molecular flexibility index (Phi) is 4.72. The van der Waals surface area contributed by atoms with E-state index in [0.29, 0.717) is 0 Å². The standard InChI is InChI=1S/C17H14ClF3N2O3/c18-9-4-5-11(13(6-9)17(19,20)21)12-2-1-3-14-15(12)26-10(7-22)8-23(14)16(24)25/h1-6,10H,7-8,22H2,(H,24,25)/t10-/m1/s1. The van der Waals surface area contributed by atoms with Crippen LogP contribution in [0.25, 0.3) is 11.1 Å². The largest absolute Gasteiger partial charge is 0.484 e. The van der Waals surface area contributed by atoms with Crippen LogP contribution < -0.4 is 15.4 Å². The number of hydrogen-bond acceptors (Lipinski definition) is 3. The lowest BCUT2D eigenvalue weighted by Gasteiger charge is -2.34. The molecule has 1 amide bonds. The molecule has 26 heavy (non-hydrogen) atoms. The number of nitrogens with two attached hydrogens (primary N) is 1. The average Bonchev–Trinajstić information content (AvgIpc) is 2.59. The number of hydrogen-bond donors (Lipinski definition) is 2. The monoisotopic (exact) mass is 386 g/mol. The van der Waals surface area contributed by atoms with Crippen LogP contribution in [-0.2, 0) is 6.18 Å². The lowest BCUT2D eigenvalue weighted by atomic mass is 9.96.